The summed E-state index contributed by atoms with van der Waals surface area (Å²) in [6.45, 7) is 0.939. The summed E-state index contributed by atoms with van der Waals surface area (Å²) >= 11 is 0. The highest BCUT2D eigenvalue weighted by atomic mass is 16.5. The van der Waals surface area contributed by atoms with Crippen molar-refractivity contribution < 1.29 is 9.53 Å². The molecule has 3 aromatic rings. The molecule has 0 saturated heterocycles. The van der Waals surface area contributed by atoms with Gasteiger partial charge < -0.3 is 14.6 Å². The number of hydrogen-bond donors (Lipinski definition) is 1. The van der Waals surface area contributed by atoms with Crippen LogP contribution in [0.5, 0.6) is 0 Å². The average molecular weight is 376 g/mol. The molecule has 144 valence electrons. The molecule has 6 heteroatoms. The number of aryl methyl sites for hydroxylation is 1. The molecule has 4 rings (SSSR count). The second-order valence-electron chi connectivity index (χ2n) is 7.00. The van der Waals surface area contributed by atoms with Crippen LogP contribution in [0, 0.1) is 0 Å². The number of hydrogen-bond acceptors (Lipinski definition) is 4. The Bertz CT molecular complexity index is 952. The van der Waals surface area contributed by atoms with Crippen LogP contribution >= 0.6 is 0 Å². The second kappa shape index (κ2) is 8.35. The van der Waals surface area contributed by atoms with Crippen LogP contribution in [-0.4, -0.2) is 27.8 Å². The first kappa shape index (κ1) is 18.4. The minimum absolute atomic E-state index is 0.203. The van der Waals surface area contributed by atoms with Gasteiger partial charge in [-0.2, -0.15) is 0 Å². The first-order valence-corrected chi connectivity index (χ1v) is 9.67. The molecule has 6 nitrogen and oxygen atoms in total. The van der Waals surface area contributed by atoms with E-state index in [1.165, 1.54) is 6.42 Å². The van der Waals surface area contributed by atoms with Gasteiger partial charge in [0.05, 0.1) is 0 Å². The minimum Gasteiger partial charge on any atom is -0.367 e. The van der Waals surface area contributed by atoms with E-state index in [1.54, 1.807) is 7.11 Å². The van der Waals surface area contributed by atoms with Crippen LogP contribution in [0.15, 0.2) is 54.6 Å². The van der Waals surface area contributed by atoms with Gasteiger partial charge in [0.15, 0.2) is 11.9 Å². The lowest BCUT2D eigenvalue weighted by Gasteiger charge is -2.16. The third kappa shape index (κ3) is 3.82. The quantitative estimate of drug-likeness (QED) is 0.731. The van der Waals surface area contributed by atoms with Gasteiger partial charge >= 0.3 is 0 Å². The van der Waals surface area contributed by atoms with Crippen molar-refractivity contribution in [3.05, 3.63) is 66.0 Å². The van der Waals surface area contributed by atoms with Crippen LogP contribution in [0.1, 0.15) is 36.8 Å². The van der Waals surface area contributed by atoms with Gasteiger partial charge in [0, 0.05) is 31.3 Å². The van der Waals surface area contributed by atoms with Gasteiger partial charge in [0.25, 0.3) is 5.91 Å². The molecule has 28 heavy (non-hydrogen) atoms. The van der Waals surface area contributed by atoms with Crippen molar-refractivity contribution >= 4 is 11.6 Å². The number of nitrogens with zero attached hydrogens (tertiary/aromatic N) is 3. The van der Waals surface area contributed by atoms with E-state index in [2.05, 4.69) is 20.1 Å². The first-order valence-electron chi connectivity index (χ1n) is 9.67. The lowest BCUT2D eigenvalue weighted by atomic mass is 10.1. The molecule has 2 aromatic carbocycles. The summed E-state index contributed by atoms with van der Waals surface area (Å²) in [6.07, 6.45) is 3.83. The van der Waals surface area contributed by atoms with Crippen LogP contribution in [-0.2, 0) is 22.5 Å². The molecule has 1 aliphatic heterocycles. The summed E-state index contributed by atoms with van der Waals surface area (Å²) in [5, 5.41) is 11.7. The molecule has 0 spiro atoms. The normalized spacial score (nSPS) is 14.8. The number of carbonyl (C=O) groups is 1. The third-order valence-corrected chi connectivity index (χ3v) is 5.07. The average Bonchev–Trinajstić information content (AvgIpc) is 2.98. The Labute approximate surface area is 164 Å². The topological polar surface area (TPSA) is 69.0 Å². The molecule has 0 aliphatic carbocycles. The fourth-order valence-corrected chi connectivity index (χ4v) is 3.66. The lowest BCUT2D eigenvalue weighted by molar-refractivity contribution is -0.126. The van der Waals surface area contributed by atoms with E-state index in [4.69, 9.17) is 4.74 Å². The molecule has 1 amide bonds. The summed E-state index contributed by atoms with van der Waals surface area (Å²) in [6, 6.07) is 17.2. The molecule has 1 aliphatic rings. The van der Waals surface area contributed by atoms with Gasteiger partial charge in [-0.05, 0) is 30.5 Å². The van der Waals surface area contributed by atoms with E-state index < -0.39 is 6.10 Å². The lowest BCUT2D eigenvalue weighted by Crippen LogP contribution is -2.22. The van der Waals surface area contributed by atoms with E-state index in [0.29, 0.717) is 5.69 Å². The predicted molar refractivity (Wildman–Crippen MR) is 108 cm³/mol. The number of carbonyl (C=O) groups excluding carboxylic acids is 1. The zero-order valence-electron chi connectivity index (χ0n) is 16.0. The monoisotopic (exact) mass is 376 g/mol. The zero-order valence-corrected chi connectivity index (χ0v) is 16.0. The van der Waals surface area contributed by atoms with Crippen LogP contribution in [0.4, 0.5) is 5.69 Å². The molecular formula is C22H24N4O2. The number of methoxy groups -OCH3 is 1. The number of benzene rings is 2. The molecule has 0 bridgehead atoms. The molecular weight excluding hydrogens is 352 g/mol. The SMILES string of the molecule is CO[C@@H](C(=O)Nc1cccc(-c2nnc3n2CCCCC3)c1)c1ccccc1. The van der Waals surface area contributed by atoms with E-state index in [0.717, 1.165) is 48.6 Å². The fraction of sp³-hybridized carbons (Fsp3) is 0.318. The molecule has 0 fully saturated rings. The maximum atomic E-state index is 12.8. The number of amides is 1. The number of fused-ring (bicyclic) bond motifs is 1. The van der Waals surface area contributed by atoms with E-state index in [1.807, 2.05) is 54.6 Å². The molecule has 0 saturated carbocycles. The van der Waals surface area contributed by atoms with Gasteiger partial charge in [-0.25, -0.2) is 0 Å². The molecule has 2 heterocycles. The Morgan fingerprint density at radius 1 is 1.07 bits per heavy atom. The molecule has 0 radical (unpaired) electrons. The number of anilines is 1. The summed E-state index contributed by atoms with van der Waals surface area (Å²) in [5.74, 6) is 1.70. The third-order valence-electron chi connectivity index (χ3n) is 5.07. The maximum Gasteiger partial charge on any atom is 0.258 e. The summed E-state index contributed by atoms with van der Waals surface area (Å²) in [5.41, 5.74) is 2.49. The van der Waals surface area contributed by atoms with Gasteiger partial charge in [-0.15, -0.1) is 10.2 Å². The Morgan fingerprint density at radius 3 is 2.75 bits per heavy atom. The standard InChI is InChI=1S/C22H24N4O2/c1-28-20(16-9-4-2-5-10-16)22(27)23-18-12-8-11-17(15-18)21-25-24-19-13-6-3-7-14-26(19)21/h2,4-5,8-12,15,20H,3,6-7,13-14H2,1H3,(H,23,27)/t20-/m1/s1. The Balaban J connectivity index is 1.56. The van der Waals surface area contributed by atoms with Crippen molar-refractivity contribution in [3.63, 3.8) is 0 Å². The van der Waals surface area contributed by atoms with Crippen LogP contribution < -0.4 is 5.32 Å². The Morgan fingerprint density at radius 2 is 1.93 bits per heavy atom. The first-order chi connectivity index (χ1) is 13.8. The fourth-order valence-electron chi connectivity index (χ4n) is 3.66. The molecule has 1 N–H and O–H groups in total. The number of aromatic nitrogens is 3. The van der Waals surface area contributed by atoms with Crippen molar-refractivity contribution in [2.45, 2.75) is 38.3 Å². The number of nitrogens with one attached hydrogen (secondary N) is 1. The van der Waals surface area contributed by atoms with Crippen molar-refractivity contribution in [1.29, 1.82) is 0 Å². The molecule has 1 aromatic heterocycles. The largest absolute Gasteiger partial charge is 0.367 e. The van der Waals surface area contributed by atoms with Crippen molar-refractivity contribution in [2.24, 2.45) is 0 Å². The highest BCUT2D eigenvalue weighted by Crippen LogP contribution is 2.26. The van der Waals surface area contributed by atoms with Crippen molar-refractivity contribution in [2.75, 3.05) is 12.4 Å². The van der Waals surface area contributed by atoms with E-state index in [9.17, 15) is 4.79 Å². The van der Waals surface area contributed by atoms with E-state index in [-0.39, 0.29) is 5.91 Å². The van der Waals surface area contributed by atoms with Crippen molar-refractivity contribution in [3.8, 4) is 11.4 Å². The van der Waals surface area contributed by atoms with Gasteiger partial charge in [0.1, 0.15) is 5.82 Å². The highest BCUT2D eigenvalue weighted by molar-refractivity contribution is 5.95. The van der Waals surface area contributed by atoms with Gasteiger partial charge in [-0.1, -0.05) is 48.9 Å². The second-order valence-corrected chi connectivity index (χ2v) is 7.00. The number of rotatable bonds is 5. The summed E-state index contributed by atoms with van der Waals surface area (Å²) in [4.78, 5) is 12.8. The molecule has 0 unspecified atom stereocenters. The smallest absolute Gasteiger partial charge is 0.258 e. The highest BCUT2D eigenvalue weighted by Gasteiger charge is 2.21. The zero-order chi connectivity index (χ0) is 19.3. The van der Waals surface area contributed by atoms with E-state index >= 15 is 0 Å². The summed E-state index contributed by atoms with van der Waals surface area (Å²) in [7, 11) is 1.54. The van der Waals surface area contributed by atoms with Crippen LogP contribution in [0.25, 0.3) is 11.4 Å². The van der Waals surface area contributed by atoms with Crippen LogP contribution in [0.2, 0.25) is 0 Å². The summed E-state index contributed by atoms with van der Waals surface area (Å²) < 4.78 is 7.63. The Kier molecular flexibility index (Phi) is 5.48. The maximum absolute atomic E-state index is 12.8. The minimum atomic E-state index is -0.658. The van der Waals surface area contributed by atoms with Crippen molar-refractivity contribution in [1.82, 2.24) is 14.8 Å². The number of ether oxygens (including phenoxy) is 1. The Hall–Kier alpha value is -2.99. The predicted octanol–water partition coefficient (Wildman–Crippen LogP) is 4.00. The van der Waals surface area contributed by atoms with Gasteiger partial charge in [0.2, 0.25) is 0 Å². The molecule has 1 atom stereocenters. The van der Waals surface area contributed by atoms with Gasteiger partial charge in [-0.3, -0.25) is 4.79 Å². The van der Waals surface area contributed by atoms with Crippen LogP contribution in [0.3, 0.4) is 0 Å².